The first-order valence-corrected chi connectivity index (χ1v) is 6.28. The van der Waals surface area contributed by atoms with Gasteiger partial charge in [-0.1, -0.05) is 19.1 Å². The van der Waals surface area contributed by atoms with Gasteiger partial charge in [0.15, 0.2) is 0 Å². The van der Waals surface area contributed by atoms with Crippen molar-refractivity contribution < 1.29 is 27.5 Å². The molecule has 0 radical (unpaired) electrons. The van der Waals surface area contributed by atoms with Crippen LogP contribution in [0.15, 0.2) is 29.4 Å². The quantitative estimate of drug-likeness (QED) is 0.880. The molecule has 1 aliphatic heterocycles. The molecule has 1 atom stereocenters. The van der Waals surface area contributed by atoms with E-state index in [1.165, 1.54) is 12.1 Å². The molecule has 2 amide bonds. The van der Waals surface area contributed by atoms with Gasteiger partial charge in [-0.25, -0.2) is 10.2 Å². The van der Waals surface area contributed by atoms with Gasteiger partial charge < -0.3 is 4.74 Å². The highest BCUT2D eigenvalue weighted by atomic mass is 19.4. The smallest absolute Gasteiger partial charge is 0.356 e. The van der Waals surface area contributed by atoms with Gasteiger partial charge in [-0.3, -0.25) is 10.1 Å². The van der Waals surface area contributed by atoms with E-state index in [4.69, 9.17) is 0 Å². The Hall–Kier alpha value is -2.58. The van der Waals surface area contributed by atoms with Crippen molar-refractivity contribution in [1.82, 2.24) is 5.43 Å². The molecule has 2 N–H and O–H groups in total. The van der Waals surface area contributed by atoms with Gasteiger partial charge in [0, 0.05) is 18.0 Å². The van der Waals surface area contributed by atoms with E-state index < -0.39 is 12.5 Å². The first kappa shape index (κ1) is 15.8. The molecule has 118 valence electrons. The third-order valence-corrected chi connectivity index (χ3v) is 2.89. The Balaban J connectivity index is 2.05. The number of carbonyl (C=O) groups excluding carboxylic acids is 2. The highest BCUT2D eigenvalue weighted by Gasteiger charge is 2.34. The number of anilines is 1. The normalized spacial score (nSPS) is 18.3. The zero-order chi connectivity index (χ0) is 16.3. The molecule has 22 heavy (non-hydrogen) atoms. The zero-order valence-corrected chi connectivity index (χ0v) is 11.4. The first-order chi connectivity index (χ1) is 10.2. The van der Waals surface area contributed by atoms with Crippen LogP contribution in [0.2, 0.25) is 0 Å². The molecule has 1 aliphatic rings. The number of benzene rings is 1. The molecule has 9 heteroatoms. The van der Waals surface area contributed by atoms with E-state index >= 15 is 0 Å². The van der Waals surface area contributed by atoms with Crippen LogP contribution < -0.4 is 10.7 Å². The van der Waals surface area contributed by atoms with Gasteiger partial charge in [0.25, 0.3) is 0 Å². The molecule has 0 spiro atoms. The third-order valence-electron chi connectivity index (χ3n) is 2.89. The lowest BCUT2D eigenvalue weighted by atomic mass is 9.94. The van der Waals surface area contributed by atoms with Crippen molar-refractivity contribution in [1.29, 1.82) is 0 Å². The number of nitrogens with zero attached hydrogens (tertiary/aromatic N) is 1. The maximum Gasteiger partial charge on any atom is 0.576 e. The number of rotatable bonds is 2. The molecule has 1 heterocycles. The maximum atomic E-state index is 11.9. The molecule has 0 aromatic heterocycles. The lowest BCUT2D eigenvalue weighted by Gasteiger charge is -2.19. The molecule has 1 aromatic rings. The second kappa shape index (κ2) is 6.04. The largest absolute Gasteiger partial charge is 0.576 e. The molecule has 1 unspecified atom stereocenters. The summed E-state index contributed by atoms with van der Waals surface area (Å²) in [6.45, 7) is 1.84. The molecule has 0 saturated carbocycles. The summed E-state index contributed by atoms with van der Waals surface area (Å²) < 4.78 is 38.8. The van der Waals surface area contributed by atoms with Gasteiger partial charge in [-0.15, -0.1) is 13.2 Å². The number of alkyl halides is 3. The number of hydrogen-bond acceptors (Lipinski definition) is 4. The van der Waals surface area contributed by atoms with E-state index in [0.29, 0.717) is 17.7 Å². The van der Waals surface area contributed by atoms with E-state index in [1.807, 2.05) is 12.2 Å². The van der Waals surface area contributed by atoms with Crippen molar-refractivity contribution in [2.24, 2.45) is 11.0 Å². The van der Waals surface area contributed by atoms with Gasteiger partial charge >= 0.3 is 12.5 Å². The fourth-order valence-electron chi connectivity index (χ4n) is 1.98. The maximum absolute atomic E-state index is 11.9. The predicted octanol–water partition coefficient (Wildman–Crippen LogP) is 2.62. The minimum atomic E-state index is -5.03. The summed E-state index contributed by atoms with van der Waals surface area (Å²) in [5.41, 5.74) is 3.87. The van der Waals surface area contributed by atoms with Crippen molar-refractivity contribution >= 4 is 23.4 Å². The number of amides is 2. The number of hydrazone groups is 1. The van der Waals surface area contributed by atoms with Crippen molar-refractivity contribution in [2.75, 3.05) is 5.32 Å². The van der Waals surface area contributed by atoms with Crippen molar-refractivity contribution in [2.45, 2.75) is 19.7 Å². The molecule has 2 rings (SSSR count). The number of carbonyl (C=O) groups is 2. The van der Waals surface area contributed by atoms with Gasteiger partial charge in [0.05, 0.1) is 5.71 Å². The lowest BCUT2D eigenvalue weighted by molar-refractivity contribution is -0.289. The van der Waals surface area contributed by atoms with E-state index in [-0.39, 0.29) is 17.5 Å². The molecule has 0 saturated heterocycles. The molecule has 6 nitrogen and oxygen atoms in total. The predicted molar refractivity (Wildman–Crippen MR) is 71.1 cm³/mol. The van der Waals surface area contributed by atoms with E-state index in [0.717, 1.165) is 0 Å². The average Bonchev–Trinajstić information content (AvgIpc) is 2.38. The van der Waals surface area contributed by atoms with Crippen LogP contribution in [0.4, 0.5) is 23.7 Å². The van der Waals surface area contributed by atoms with Crippen molar-refractivity contribution in [3.05, 3.63) is 29.8 Å². The number of halogens is 3. The Bertz CT molecular complexity index is 611. The van der Waals surface area contributed by atoms with Gasteiger partial charge in [0.1, 0.15) is 0 Å². The summed E-state index contributed by atoms with van der Waals surface area (Å²) in [5.74, 6) is -0.257. The van der Waals surface area contributed by atoms with Crippen LogP contribution in [0.1, 0.15) is 18.9 Å². The first-order valence-electron chi connectivity index (χ1n) is 6.28. The second-order valence-corrected chi connectivity index (χ2v) is 4.67. The van der Waals surface area contributed by atoms with Crippen LogP contribution in [0.25, 0.3) is 0 Å². The highest BCUT2D eigenvalue weighted by molar-refractivity contribution is 6.06. The second-order valence-electron chi connectivity index (χ2n) is 4.67. The van der Waals surface area contributed by atoms with Crippen LogP contribution in [0.3, 0.4) is 0 Å². The summed E-state index contributed by atoms with van der Waals surface area (Å²) in [6, 6.07) is 5.99. The van der Waals surface area contributed by atoms with Crippen LogP contribution in [0, 0.1) is 5.92 Å². The lowest BCUT2D eigenvalue weighted by Crippen LogP contribution is -2.31. The average molecular weight is 315 g/mol. The SMILES string of the molecule is CC1CC(=O)NN=C1c1ccc(NC(=O)OC(F)(F)F)cc1. The molecular weight excluding hydrogens is 303 g/mol. The summed E-state index contributed by atoms with van der Waals surface area (Å²) >= 11 is 0. The number of ether oxygens (including phenoxy) is 1. The third kappa shape index (κ3) is 4.21. The Kier molecular flexibility index (Phi) is 4.34. The number of hydrogen-bond donors (Lipinski definition) is 2. The molecule has 0 fully saturated rings. The van der Waals surface area contributed by atoms with Crippen molar-refractivity contribution in [3.8, 4) is 0 Å². The fourth-order valence-corrected chi connectivity index (χ4v) is 1.98. The minimum absolute atomic E-state index is 0.0808. The topological polar surface area (TPSA) is 79.8 Å². The molecular formula is C13H12F3N3O3. The number of nitrogens with one attached hydrogen (secondary N) is 2. The van der Waals surface area contributed by atoms with Crippen LogP contribution in [0.5, 0.6) is 0 Å². The molecule has 0 bridgehead atoms. The van der Waals surface area contributed by atoms with Gasteiger partial charge in [-0.05, 0) is 17.7 Å². The summed E-state index contributed by atoms with van der Waals surface area (Å²) in [6.07, 6.45) is -6.35. The summed E-state index contributed by atoms with van der Waals surface area (Å²) in [7, 11) is 0. The van der Waals surface area contributed by atoms with Crippen LogP contribution in [-0.4, -0.2) is 24.1 Å². The Morgan fingerprint density at radius 3 is 2.55 bits per heavy atom. The highest BCUT2D eigenvalue weighted by Crippen LogP contribution is 2.20. The van der Waals surface area contributed by atoms with Crippen LogP contribution in [-0.2, 0) is 9.53 Å². The minimum Gasteiger partial charge on any atom is -0.356 e. The van der Waals surface area contributed by atoms with Crippen molar-refractivity contribution in [3.63, 3.8) is 0 Å². The zero-order valence-electron chi connectivity index (χ0n) is 11.4. The van der Waals surface area contributed by atoms with E-state index in [9.17, 15) is 22.8 Å². The van der Waals surface area contributed by atoms with E-state index in [1.54, 1.807) is 12.1 Å². The Labute approximate surface area is 123 Å². The standard InChI is InChI=1S/C13H12F3N3O3/c1-7-6-10(20)18-19-11(7)8-2-4-9(5-3-8)17-12(21)22-13(14,15)16/h2-5,7H,6H2,1H3,(H,17,21)(H,18,20). The fraction of sp³-hybridized carbons (Fsp3) is 0.308. The van der Waals surface area contributed by atoms with Crippen LogP contribution >= 0.6 is 0 Å². The Morgan fingerprint density at radius 1 is 1.36 bits per heavy atom. The van der Waals surface area contributed by atoms with Gasteiger partial charge in [0.2, 0.25) is 5.91 Å². The summed E-state index contributed by atoms with van der Waals surface area (Å²) in [5, 5.41) is 5.91. The molecule has 1 aromatic carbocycles. The summed E-state index contributed by atoms with van der Waals surface area (Å²) in [4.78, 5) is 22.1. The molecule has 0 aliphatic carbocycles. The van der Waals surface area contributed by atoms with E-state index in [2.05, 4.69) is 15.3 Å². The van der Waals surface area contributed by atoms with Gasteiger partial charge in [-0.2, -0.15) is 5.10 Å². The monoisotopic (exact) mass is 315 g/mol. The Morgan fingerprint density at radius 2 is 2.00 bits per heavy atom.